The first-order chi connectivity index (χ1) is 8.97. The molecule has 19 heavy (non-hydrogen) atoms. The summed E-state index contributed by atoms with van der Waals surface area (Å²) in [4.78, 5) is 11.9. The van der Waals surface area contributed by atoms with Gasteiger partial charge in [-0.3, -0.25) is 4.79 Å². The molecule has 1 amide bonds. The zero-order valence-electron chi connectivity index (χ0n) is 9.45. The Hall–Kier alpha value is -1.78. The summed E-state index contributed by atoms with van der Waals surface area (Å²) in [6.45, 7) is 0. The maximum atomic E-state index is 12.8. The molecule has 0 aliphatic carbocycles. The Bertz CT molecular complexity index is 647. The molecular weight excluding hydrogens is 292 g/mol. The van der Waals surface area contributed by atoms with Crippen molar-refractivity contribution < 1.29 is 14.3 Å². The molecule has 0 radical (unpaired) electrons. The fraction of sp³-hybridized carbons (Fsp3) is 0. The van der Waals surface area contributed by atoms with Crippen molar-refractivity contribution in [1.29, 1.82) is 0 Å². The predicted octanol–water partition coefficient (Wildman–Crippen LogP) is 4.09. The highest BCUT2D eigenvalue weighted by Gasteiger charge is 2.13. The van der Waals surface area contributed by atoms with Gasteiger partial charge in [-0.25, -0.2) is 4.39 Å². The van der Waals surface area contributed by atoms with Gasteiger partial charge in [0.1, 0.15) is 11.6 Å². The maximum Gasteiger partial charge on any atom is 0.259 e. The molecule has 0 aromatic heterocycles. The molecule has 0 aliphatic rings. The SMILES string of the molecule is O=C(Nc1ccc(Cl)cc1Cl)c1ccc(F)cc1O. The number of phenols is 1. The van der Waals surface area contributed by atoms with Crippen molar-refractivity contribution in [2.45, 2.75) is 0 Å². The van der Waals surface area contributed by atoms with Gasteiger partial charge in [0.05, 0.1) is 16.3 Å². The molecule has 0 atom stereocenters. The van der Waals surface area contributed by atoms with Crippen molar-refractivity contribution in [2.24, 2.45) is 0 Å². The van der Waals surface area contributed by atoms with E-state index in [9.17, 15) is 14.3 Å². The lowest BCUT2D eigenvalue weighted by atomic mass is 10.2. The minimum Gasteiger partial charge on any atom is -0.507 e. The first-order valence-corrected chi connectivity index (χ1v) is 5.98. The first-order valence-electron chi connectivity index (χ1n) is 5.22. The van der Waals surface area contributed by atoms with Crippen LogP contribution in [0.3, 0.4) is 0 Å². The van der Waals surface area contributed by atoms with Gasteiger partial charge >= 0.3 is 0 Å². The molecule has 0 saturated heterocycles. The van der Waals surface area contributed by atoms with E-state index in [4.69, 9.17) is 23.2 Å². The molecule has 2 aromatic rings. The van der Waals surface area contributed by atoms with Crippen molar-refractivity contribution in [3.8, 4) is 5.75 Å². The lowest BCUT2D eigenvalue weighted by molar-refractivity contribution is 0.102. The van der Waals surface area contributed by atoms with Crippen LogP contribution in [0.25, 0.3) is 0 Å². The third kappa shape index (κ3) is 3.16. The van der Waals surface area contributed by atoms with Gasteiger partial charge in [0.2, 0.25) is 0 Å². The number of hydrogen-bond donors (Lipinski definition) is 2. The third-order valence-electron chi connectivity index (χ3n) is 2.38. The van der Waals surface area contributed by atoms with Crippen LogP contribution >= 0.6 is 23.2 Å². The highest BCUT2D eigenvalue weighted by molar-refractivity contribution is 6.36. The second-order valence-electron chi connectivity index (χ2n) is 3.74. The number of benzene rings is 2. The van der Waals surface area contributed by atoms with Gasteiger partial charge in [0, 0.05) is 11.1 Å². The van der Waals surface area contributed by atoms with E-state index < -0.39 is 17.5 Å². The number of phenolic OH excluding ortho intramolecular Hbond substituents is 1. The second-order valence-corrected chi connectivity index (χ2v) is 4.58. The van der Waals surface area contributed by atoms with Crippen LogP contribution in [0.1, 0.15) is 10.4 Å². The van der Waals surface area contributed by atoms with Crippen LogP contribution in [-0.4, -0.2) is 11.0 Å². The lowest BCUT2D eigenvalue weighted by Gasteiger charge is -2.08. The molecule has 0 unspecified atom stereocenters. The number of anilines is 1. The fourth-order valence-corrected chi connectivity index (χ4v) is 1.93. The molecule has 0 spiro atoms. The lowest BCUT2D eigenvalue weighted by Crippen LogP contribution is -2.12. The van der Waals surface area contributed by atoms with E-state index in [-0.39, 0.29) is 10.6 Å². The average Bonchev–Trinajstić information content (AvgIpc) is 2.32. The van der Waals surface area contributed by atoms with Crippen LogP contribution in [0.15, 0.2) is 36.4 Å². The molecule has 3 nitrogen and oxygen atoms in total. The Morgan fingerprint density at radius 2 is 1.89 bits per heavy atom. The van der Waals surface area contributed by atoms with E-state index in [1.54, 1.807) is 6.07 Å². The Morgan fingerprint density at radius 1 is 1.16 bits per heavy atom. The number of carbonyl (C=O) groups excluding carboxylic acids is 1. The summed E-state index contributed by atoms with van der Waals surface area (Å²) in [5.74, 6) is -1.66. The minimum absolute atomic E-state index is 0.0487. The van der Waals surface area contributed by atoms with Crippen LogP contribution in [0.2, 0.25) is 10.0 Å². The van der Waals surface area contributed by atoms with E-state index in [1.165, 1.54) is 18.2 Å². The Labute approximate surface area is 118 Å². The highest BCUT2D eigenvalue weighted by atomic mass is 35.5. The van der Waals surface area contributed by atoms with Crippen LogP contribution in [0.4, 0.5) is 10.1 Å². The summed E-state index contributed by atoms with van der Waals surface area (Å²) in [6.07, 6.45) is 0. The van der Waals surface area contributed by atoms with Gasteiger partial charge in [-0.2, -0.15) is 0 Å². The standard InChI is InChI=1S/C13H8Cl2FNO2/c14-7-1-4-11(10(15)5-7)17-13(19)9-3-2-8(16)6-12(9)18/h1-6,18H,(H,17,19). The Kier molecular flexibility index (Phi) is 3.93. The van der Waals surface area contributed by atoms with Gasteiger partial charge < -0.3 is 10.4 Å². The van der Waals surface area contributed by atoms with E-state index in [1.807, 2.05) is 0 Å². The number of rotatable bonds is 2. The maximum absolute atomic E-state index is 12.8. The van der Waals surface area contributed by atoms with Crippen molar-refractivity contribution in [3.63, 3.8) is 0 Å². The minimum atomic E-state index is -0.626. The number of carbonyl (C=O) groups is 1. The largest absolute Gasteiger partial charge is 0.507 e. The average molecular weight is 300 g/mol. The third-order valence-corrected chi connectivity index (χ3v) is 2.93. The van der Waals surface area contributed by atoms with Crippen molar-refractivity contribution in [1.82, 2.24) is 0 Å². The topological polar surface area (TPSA) is 49.3 Å². The quantitative estimate of drug-likeness (QED) is 0.877. The van der Waals surface area contributed by atoms with Gasteiger partial charge in [-0.1, -0.05) is 23.2 Å². The zero-order valence-corrected chi connectivity index (χ0v) is 11.0. The predicted molar refractivity (Wildman–Crippen MR) is 72.5 cm³/mol. The summed E-state index contributed by atoms with van der Waals surface area (Å²) in [6, 6.07) is 7.69. The molecular formula is C13H8Cl2FNO2. The molecule has 0 aliphatic heterocycles. The van der Waals surface area contributed by atoms with Gasteiger partial charge in [-0.05, 0) is 30.3 Å². The first kappa shape index (κ1) is 13.6. The number of hydrogen-bond acceptors (Lipinski definition) is 2. The van der Waals surface area contributed by atoms with Crippen molar-refractivity contribution in [2.75, 3.05) is 5.32 Å². The van der Waals surface area contributed by atoms with Gasteiger partial charge in [0.15, 0.2) is 0 Å². The van der Waals surface area contributed by atoms with Crippen molar-refractivity contribution >= 4 is 34.8 Å². The monoisotopic (exact) mass is 299 g/mol. The molecule has 2 N–H and O–H groups in total. The van der Waals surface area contributed by atoms with E-state index >= 15 is 0 Å². The van der Waals surface area contributed by atoms with Crippen LogP contribution < -0.4 is 5.32 Å². The summed E-state index contributed by atoms with van der Waals surface area (Å²) in [5.41, 5.74) is 0.298. The van der Waals surface area contributed by atoms with Crippen LogP contribution in [0, 0.1) is 5.82 Å². The van der Waals surface area contributed by atoms with Crippen LogP contribution in [0.5, 0.6) is 5.75 Å². The van der Waals surface area contributed by atoms with Crippen LogP contribution in [-0.2, 0) is 0 Å². The zero-order chi connectivity index (χ0) is 14.0. The number of halogens is 3. The van der Waals surface area contributed by atoms with Crippen molar-refractivity contribution in [3.05, 3.63) is 57.8 Å². The number of nitrogens with one attached hydrogen (secondary N) is 1. The molecule has 0 heterocycles. The smallest absolute Gasteiger partial charge is 0.259 e. The highest BCUT2D eigenvalue weighted by Crippen LogP contribution is 2.27. The van der Waals surface area contributed by atoms with E-state index in [0.29, 0.717) is 10.7 Å². The molecule has 0 bridgehead atoms. The number of aromatic hydroxyl groups is 1. The van der Waals surface area contributed by atoms with E-state index in [2.05, 4.69) is 5.32 Å². The fourth-order valence-electron chi connectivity index (χ4n) is 1.48. The molecule has 2 rings (SSSR count). The molecule has 0 fully saturated rings. The Morgan fingerprint density at radius 3 is 2.53 bits per heavy atom. The summed E-state index contributed by atoms with van der Waals surface area (Å²) < 4.78 is 12.8. The normalized spacial score (nSPS) is 10.3. The van der Waals surface area contributed by atoms with Gasteiger partial charge in [0.25, 0.3) is 5.91 Å². The molecule has 0 saturated carbocycles. The second kappa shape index (κ2) is 5.47. The summed E-state index contributed by atoms with van der Waals surface area (Å²) in [7, 11) is 0. The molecule has 98 valence electrons. The Balaban J connectivity index is 2.25. The summed E-state index contributed by atoms with van der Waals surface area (Å²) >= 11 is 11.6. The summed E-state index contributed by atoms with van der Waals surface area (Å²) in [5, 5.41) is 12.7. The molecule has 6 heteroatoms. The van der Waals surface area contributed by atoms with E-state index in [0.717, 1.165) is 12.1 Å². The number of amides is 1. The molecule has 2 aromatic carbocycles. The van der Waals surface area contributed by atoms with Gasteiger partial charge in [-0.15, -0.1) is 0 Å².